The molecule has 1 nitrogen and oxygen atoms in total. The van der Waals surface area contributed by atoms with E-state index in [-0.39, 0.29) is 0 Å². The highest BCUT2D eigenvalue weighted by atomic mass is 14.9. The summed E-state index contributed by atoms with van der Waals surface area (Å²) < 4.78 is 2.56. The maximum atomic E-state index is 2.56. The Bertz CT molecular complexity index is 554. The molecule has 1 aromatic heterocycles. The molecule has 0 amide bonds. The van der Waals surface area contributed by atoms with Crippen LogP contribution in [0.3, 0.4) is 0 Å². The number of hydrogen-bond donors (Lipinski definition) is 0. The van der Waals surface area contributed by atoms with Gasteiger partial charge in [0.2, 0.25) is 0 Å². The molecule has 1 heteroatoms. The lowest BCUT2D eigenvalue weighted by atomic mass is 10.0. The molecule has 0 spiro atoms. The molecular weight excluding hydrogens is 446 g/mol. The van der Waals surface area contributed by atoms with Gasteiger partial charge >= 0.3 is 0 Å². The zero-order valence-electron chi connectivity index (χ0n) is 26.0. The van der Waals surface area contributed by atoms with Gasteiger partial charge in [0.05, 0.1) is 0 Å². The Balaban J connectivity index is 2.39. The molecule has 0 saturated carbocycles. The molecule has 0 radical (unpaired) electrons. The average Bonchev–Trinajstić information content (AvgIpc) is 2.91. The Morgan fingerprint density at radius 2 is 0.676 bits per heavy atom. The minimum atomic E-state index is 1.21. The SMILES string of the molecule is CCCCCCCCCCC[n+]1cc(CCCCCCCCCC)cc(CCCCCCCCCC)c1. The number of hydrogen-bond acceptors (Lipinski definition) is 0. The van der Waals surface area contributed by atoms with Gasteiger partial charge in [0, 0.05) is 17.5 Å². The molecule has 37 heavy (non-hydrogen) atoms. The summed E-state index contributed by atoms with van der Waals surface area (Å²) in [5, 5.41) is 0. The summed E-state index contributed by atoms with van der Waals surface area (Å²) >= 11 is 0. The Kier molecular flexibility index (Phi) is 24.7. The molecule has 0 bridgehead atoms. The van der Waals surface area contributed by atoms with Crippen molar-refractivity contribution in [1.29, 1.82) is 0 Å². The topological polar surface area (TPSA) is 3.88 Å². The Morgan fingerprint density at radius 3 is 1.03 bits per heavy atom. The molecule has 0 aromatic carbocycles. The van der Waals surface area contributed by atoms with Gasteiger partial charge in [-0.1, -0.05) is 156 Å². The van der Waals surface area contributed by atoms with Crippen LogP contribution in [0.2, 0.25) is 0 Å². The summed E-state index contributed by atoms with van der Waals surface area (Å²) in [5.74, 6) is 0. The molecule has 0 aliphatic carbocycles. The fourth-order valence-corrected chi connectivity index (χ4v) is 5.71. The molecule has 0 atom stereocenters. The monoisotopic (exact) mass is 515 g/mol. The number of nitrogens with zero attached hydrogens (tertiary/aromatic N) is 1. The fraction of sp³-hybridized carbons (Fsp3) is 0.861. The van der Waals surface area contributed by atoms with Crippen molar-refractivity contribution >= 4 is 0 Å². The van der Waals surface area contributed by atoms with E-state index in [1.165, 1.54) is 180 Å². The van der Waals surface area contributed by atoms with Crippen molar-refractivity contribution < 1.29 is 4.57 Å². The van der Waals surface area contributed by atoms with Crippen LogP contribution in [0.15, 0.2) is 18.5 Å². The van der Waals surface area contributed by atoms with Crippen molar-refractivity contribution in [2.75, 3.05) is 0 Å². The van der Waals surface area contributed by atoms with Gasteiger partial charge in [-0.15, -0.1) is 0 Å². The molecule has 0 unspecified atom stereocenters. The maximum Gasteiger partial charge on any atom is 0.171 e. The van der Waals surface area contributed by atoms with Crippen molar-refractivity contribution in [1.82, 2.24) is 0 Å². The average molecular weight is 515 g/mol. The standard InChI is InChI=1S/C36H68N/c1-4-7-10-13-16-19-22-25-28-31-37-33-35(29-26-23-20-17-14-11-8-5-2)32-36(34-37)30-27-24-21-18-15-12-9-6-3/h32-34H,4-31H2,1-3H3/q+1. The first kappa shape index (κ1) is 34.2. The van der Waals surface area contributed by atoms with E-state index < -0.39 is 0 Å². The highest BCUT2D eigenvalue weighted by Crippen LogP contribution is 2.15. The number of rotatable bonds is 28. The quantitative estimate of drug-likeness (QED) is 0.0773. The molecule has 0 aliphatic rings. The van der Waals surface area contributed by atoms with E-state index >= 15 is 0 Å². The summed E-state index contributed by atoms with van der Waals surface area (Å²) in [7, 11) is 0. The molecular formula is C36H68N+. The summed E-state index contributed by atoms with van der Waals surface area (Å²) in [6.07, 6.45) is 42.9. The van der Waals surface area contributed by atoms with Crippen LogP contribution in [0.5, 0.6) is 0 Å². The van der Waals surface area contributed by atoms with Crippen LogP contribution in [-0.4, -0.2) is 0 Å². The van der Waals surface area contributed by atoms with Crippen LogP contribution >= 0.6 is 0 Å². The number of aryl methyl sites for hydroxylation is 3. The second kappa shape index (κ2) is 26.7. The van der Waals surface area contributed by atoms with Gasteiger partial charge in [0.15, 0.2) is 12.4 Å². The lowest BCUT2D eigenvalue weighted by Crippen LogP contribution is -2.34. The van der Waals surface area contributed by atoms with Gasteiger partial charge < -0.3 is 0 Å². The summed E-state index contributed by atoms with van der Waals surface area (Å²) in [6, 6.07) is 2.55. The van der Waals surface area contributed by atoms with Gasteiger partial charge in [-0.2, -0.15) is 0 Å². The van der Waals surface area contributed by atoms with Crippen molar-refractivity contribution in [2.24, 2.45) is 0 Å². The zero-order valence-corrected chi connectivity index (χ0v) is 26.0. The zero-order chi connectivity index (χ0) is 26.7. The molecule has 1 aromatic rings. The van der Waals surface area contributed by atoms with Gasteiger partial charge in [0.25, 0.3) is 0 Å². The lowest BCUT2D eigenvalue weighted by Gasteiger charge is -2.07. The number of unbranched alkanes of at least 4 members (excludes halogenated alkanes) is 22. The van der Waals surface area contributed by atoms with Crippen LogP contribution in [0.25, 0.3) is 0 Å². The number of aromatic nitrogens is 1. The number of pyridine rings is 1. The molecule has 1 heterocycles. The third-order valence-corrected chi connectivity index (χ3v) is 8.19. The smallest absolute Gasteiger partial charge is 0.171 e. The molecule has 216 valence electrons. The minimum Gasteiger partial charge on any atom is -0.205 e. The molecule has 0 aliphatic heterocycles. The first-order chi connectivity index (χ1) is 18.3. The maximum absolute atomic E-state index is 2.56. The fourth-order valence-electron chi connectivity index (χ4n) is 5.71. The highest BCUT2D eigenvalue weighted by molar-refractivity contribution is 5.15. The second-order valence-electron chi connectivity index (χ2n) is 12.1. The van der Waals surface area contributed by atoms with E-state index in [2.05, 4.69) is 43.8 Å². The molecule has 0 fully saturated rings. The van der Waals surface area contributed by atoms with Crippen molar-refractivity contribution in [3.8, 4) is 0 Å². The van der Waals surface area contributed by atoms with E-state index in [0.29, 0.717) is 0 Å². The molecule has 0 N–H and O–H groups in total. The van der Waals surface area contributed by atoms with Crippen LogP contribution in [0.1, 0.15) is 192 Å². The van der Waals surface area contributed by atoms with Crippen LogP contribution in [-0.2, 0) is 19.4 Å². The van der Waals surface area contributed by atoms with Crippen LogP contribution < -0.4 is 4.57 Å². The van der Waals surface area contributed by atoms with Gasteiger partial charge in [-0.05, 0) is 38.2 Å². The second-order valence-corrected chi connectivity index (χ2v) is 12.1. The summed E-state index contributed by atoms with van der Waals surface area (Å²) in [5.41, 5.74) is 3.19. The van der Waals surface area contributed by atoms with E-state index in [1.54, 1.807) is 11.1 Å². The van der Waals surface area contributed by atoms with E-state index in [1.807, 2.05) is 0 Å². The normalized spacial score (nSPS) is 11.4. The largest absolute Gasteiger partial charge is 0.205 e. The molecule has 1 rings (SSSR count). The van der Waals surface area contributed by atoms with Crippen molar-refractivity contribution in [2.45, 2.75) is 201 Å². The molecule has 0 saturated heterocycles. The van der Waals surface area contributed by atoms with Crippen molar-refractivity contribution in [3.63, 3.8) is 0 Å². The third kappa shape index (κ3) is 21.7. The predicted molar refractivity (Wildman–Crippen MR) is 166 cm³/mol. The lowest BCUT2D eigenvalue weighted by molar-refractivity contribution is -0.698. The Labute approximate surface area is 234 Å². The first-order valence-corrected chi connectivity index (χ1v) is 17.3. The minimum absolute atomic E-state index is 1.21. The Morgan fingerprint density at radius 1 is 0.378 bits per heavy atom. The Hall–Kier alpha value is -0.850. The van der Waals surface area contributed by atoms with E-state index in [4.69, 9.17) is 0 Å². The summed E-state index contributed by atoms with van der Waals surface area (Å²) in [4.78, 5) is 0. The van der Waals surface area contributed by atoms with Crippen LogP contribution in [0, 0.1) is 0 Å². The third-order valence-electron chi connectivity index (χ3n) is 8.19. The van der Waals surface area contributed by atoms with Crippen molar-refractivity contribution in [3.05, 3.63) is 29.6 Å². The summed E-state index contributed by atoms with van der Waals surface area (Å²) in [6.45, 7) is 8.14. The predicted octanol–water partition coefficient (Wildman–Crippen LogP) is 11.9. The highest BCUT2D eigenvalue weighted by Gasteiger charge is 2.09. The van der Waals surface area contributed by atoms with Gasteiger partial charge in [-0.3, -0.25) is 0 Å². The van der Waals surface area contributed by atoms with Gasteiger partial charge in [0.1, 0.15) is 6.54 Å². The first-order valence-electron chi connectivity index (χ1n) is 17.3. The van der Waals surface area contributed by atoms with Gasteiger partial charge in [-0.25, -0.2) is 4.57 Å². The van der Waals surface area contributed by atoms with E-state index in [0.717, 1.165) is 0 Å². The van der Waals surface area contributed by atoms with Crippen LogP contribution in [0.4, 0.5) is 0 Å². The van der Waals surface area contributed by atoms with E-state index in [9.17, 15) is 0 Å².